The fraction of sp³-hybridized carbons (Fsp3) is 0.364. The number of aromatic nitrogens is 6. The standard InChI is InChI=1S/C22H19ClFN7O3/c23-13-8-26-21-17(28-13)11(7-25-21)19-30-18(12-5-6-27-34-12)15(24)20(31-19)29-16-10-3-1-9(2-4-10)14(16)22(32)33/h5-10,14,16H,1-4H2,(H,25,26)(H,32,33)(H,29,30,31)/t9?,10?,14-,16-/m1/s1. The molecule has 3 saturated carbocycles. The number of aromatic amines is 1. The van der Waals surface area contributed by atoms with Crippen LogP contribution in [0.3, 0.4) is 0 Å². The molecule has 4 heterocycles. The van der Waals surface area contributed by atoms with Gasteiger partial charge < -0.3 is 19.9 Å². The van der Waals surface area contributed by atoms with Crippen LogP contribution in [0.1, 0.15) is 25.7 Å². The maximum Gasteiger partial charge on any atom is 0.308 e. The van der Waals surface area contributed by atoms with Crippen LogP contribution in [0.4, 0.5) is 10.2 Å². The van der Waals surface area contributed by atoms with E-state index >= 15 is 4.39 Å². The van der Waals surface area contributed by atoms with E-state index in [-0.39, 0.29) is 40.1 Å². The molecule has 10 nitrogen and oxygen atoms in total. The lowest BCUT2D eigenvalue weighted by Gasteiger charge is -2.47. The first-order valence-corrected chi connectivity index (χ1v) is 11.4. The average Bonchev–Trinajstić information content (AvgIpc) is 3.51. The van der Waals surface area contributed by atoms with Crippen LogP contribution >= 0.6 is 11.6 Å². The van der Waals surface area contributed by atoms with Crippen molar-refractivity contribution in [3.8, 4) is 22.8 Å². The number of nitrogens with zero attached hydrogens (tertiary/aromatic N) is 5. The Labute approximate surface area is 197 Å². The number of hydrogen-bond acceptors (Lipinski definition) is 8. The van der Waals surface area contributed by atoms with Gasteiger partial charge in [-0.1, -0.05) is 16.8 Å². The molecule has 3 fully saturated rings. The summed E-state index contributed by atoms with van der Waals surface area (Å²) in [5.41, 5.74) is 1.27. The molecule has 4 aromatic rings. The number of H-pyrrole nitrogens is 1. The maximum atomic E-state index is 15.7. The Bertz CT molecular complexity index is 1380. The van der Waals surface area contributed by atoms with Crippen molar-refractivity contribution in [3.63, 3.8) is 0 Å². The SMILES string of the molecule is O=C(O)[C@@H]1C2CCC(CC2)[C@H]1Nc1nc(-c2c[nH]c3ncc(Cl)nc23)nc(-c2ccno2)c1F. The van der Waals surface area contributed by atoms with E-state index in [1.54, 1.807) is 6.20 Å². The Morgan fingerprint density at radius 1 is 1.21 bits per heavy atom. The summed E-state index contributed by atoms with van der Waals surface area (Å²) in [4.78, 5) is 32.4. The van der Waals surface area contributed by atoms with Crippen LogP contribution in [0.5, 0.6) is 0 Å². The second kappa shape index (κ2) is 8.01. The molecule has 4 aromatic heterocycles. The molecular weight excluding hydrogens is 465 g/mol. The summed E-state index contributed by atoms with van der Waals surface area (Å²) in [6.07, 6.45) is 7.96. The topological polar surface area (TPSA) is 143 Å². The van der Waals surface area contributed by atoms with Crippen LogP contribution in [-0.2, 0) is 4.79 Å². The number of hydrogen-bond donors (Lipinski definition) is 3. The molecule has 0 amide bonds. The molecule has 0 unspecified atom stereocenters. The minimum Gasteiger partial charge on any atom is -0.481 e. The van der Waals surface area contributed by atoms with E-state index in [1.807, 2.05) is 0 Å². The molecule has 2 bridgehead atoms. The zero-order valence-electron chi connectivity index (χ0n) is 17.7. The van der Waals surface area contributed by atoms with Gasteiger partial charge >= 0.3 is 5.97 Å². The molecule has 2 atom stereocenters. The summed E-state index contributed by atoms with van der Waals surface area (Å²) < 4.78 is 20.9. The predicted octanol–water partition coefficient (Wildman–Crippen LogP) is 4.16. The molecule has 0 saturated heterocycles. The first-order valence-electron chi connectivity index (χ1n) is 11.0. The highest BCUT2D eigenvalue weighted by atomic mass is 35.5. The Hall–Kier alpha value is -3.60. The van der Waals surface area contributed by atoms with Crippen LogP contribution in [0.25, 0.3) is 34.0 Å². The van der Waals surface area contributed by atoms with Crippen LogP contribution in [0, 0.1) is 23.6 Å². The van der Waals surface area contributed by atoms with Crippen LogP contribution in [-0.4, -0.2) is 47.2 Å². The van der Waals surface area contributed by atoms with Gasteiger partial charge in [0.2, 0.25) is 0 Å². The van der Waals surface area contributed by atoms with Crippen LogP contribution in [0.2, 0.25) is 5.15 Å². The van der Waals surface area contributed by atoms with Crippen molar-refractivity contribution in [2.24, 2.45) is 17.8 Å². The van der Waals surface area contributed by atoms with Crippen molar-refractivity contribution in [2.75, 3.05) is 5.32 Å². The normalized spacial score (nSPS) is 23.9. The van der Waals surface area contributed by atoms with Crippen molar-refractivity contribution < 1.29 is 18.8 Å². The first kappa shape index (κ1) is 21.0. The van der Waals surface area contributed by atoms with E-state index in [0.29, 0.717) is 16.7 Å². The van der Waals surface area contributed by atoms with Crippen LogP contribution in [0.15, 0.2) is 29.2 Å². The number of aliphatic carboxylic acids is 1. The van der Waals surface area contributed by atoms with Crippen molar-refractivity contribution in [3.05, 3.63) is 35.6 Å². The van der Waals surface area contributed by atoms with E-state index in [4.69, 9.17) is 16.1 Å². The van der Waals surface area contributed by atoms with Gasteiger partial charge in [0.05, 0.1) is 23.9 Å². The third kappa shape index (κ3) is 3.38. The Morgan fingerprint density at radius 2 is 2.00 bits per heavy atom. The lowest BCUT2D eigenvalue weighted by molar-refractivity contribution is -0.148. The number of fused-ring (bicyclic) bond motifs is 4. The number of carboxylic acids is 1. The molecular formula is C22H19ClFN7O3. The van der Waals surface area contributed by atoms with E-state index in [9.17, 15) is 9.90 Å². The van der Waals surface area contributed by atoms with Crippen molar-refractivity contribution in [2.45, 2.75) is 31.7 Å². The van der Waals surface area contributed by atoms with Crippen LogP contribution < -0.4 is 5.32 Å². The predicted molar refractivity (Wildman–Crippen MR) is 119 cm³/mol. The zero-order chi connectivity index (χ0) is 23.4. The summed E-state index contributed by atoms with van der Waals surface area (Å²) >= 11 is 6.04. The van der Waals surface area contributed by atoms with E-state index in [1.165, 1.54) is 18.5 Å². The summed E-state index contributed by atoms with van der Waals surface area (Å²) in [5, 5.41) is 16.9. The van der Waals surface area contributed by atoms with Gasteiger partial charge in [0.1, 0.15) is 10.7 Å². The minimum atomic E-state index is -0.876. The zero-order valence-corrected chi connectivity index (χ0v) is 18.5. The molecule has 3 aliphatic carbocycles. The van der Waals surface area contributed by atoms with Gasteiger partial charge in [-0.2, -0.15) is 0 Å². The third-order valence-electron chi connectivity index (χ3n) is 6.92. The number of anilines is 1. The second-order valence-electron chi connectivity index (χ2n) is 8.74. The number of carboxylic acid groups (broad SMARTS) is 1. The maximum absolute atomic E-state index is 15.7. The summed E-state index contributed by atoms with van der Waals surface area (Å²) in [7, 11) is 0. The van der Waals surface area contributed by atoms with Gasteiger partial charge in [0, 0.05) is 18.3 Å². The number of rotatable bonds is 5. The second-order valence-corrected chi connectivity index (χ2v) is 9.12. The molecule has 34 heavy (non-hydrogen) atoms. The quantitative estimate of drug-likeness (QED) is 0.381. The Balaban J connectivity index is 1.49. The van der Waals surface area contributed by atoms with Crippen molar-refractivity contribution in [1.29, 1.82) is 0 Å². The number of nitrogens with one attached hydrogen (secondary N) is 2. The largest absolute Gasteiger partial charge is 0.481 e. The third-order valence-corrected chi connectivity index (χ3v) is 7.10. The fourth-order valence-corrected chi connectivity index (χ4v) is 5.51. The minimum absolute atomic E-state index is 0.0594. The van der Waals surface area contributed by atoms with E-state index < -0.39 is 23.7 Å². The van der Waals surface area contributed by atoms with Gasteiger partial charge in [-0.05, 0) is 37.5 Å². The highest BCUT2D eigenvalue weighted by molar-refractivity contribution is 6.29. The molecule has 0 spiro atoms. The molecule has 3 aliphatic rings. The summed E-state index contributed by atoms with van der Waals surface area (Å²) in [5.74, 6) is -1.87. The monoisotopic (exact) mass is 483 g/mol. The van der Waals surface area contributed by atoms with Gasteiger partial charge in [-0.25, -0.2) is 24.3 Å². The molecule has 3 N–H and O–H groups in total. The molecule has 0 aromatic carbocycles. The lowest BCUT2D eigenvalue weighted by Crippen LogP contribution is -2.51. The number of carbonyl (C=O) groups is 1. The van der Waals surface area contributed by atoms with Gasteiger partial charge in [-0.3, -0.25) is 4.79 Å². The van der Waals surface area contributed by atoms with Gasteiger partial charge in [-0.15, -0.1) is 0 Å². The fourth-order valence-electron chi connectivity index (χ4n) is 5.38. The van der Waals surface area contributed by atoms with Crippen molar-refractivity contribution in [1.82, 2.24) is 30.1 Å². The molecule has 0 radical (unpaired) electrons. The van der Waals surface area contributed by atoms with E-state index in [0.717, 1.165) is 25.7 Å². The first-order chi connectivity index (χ1) is 16.5. The molecule has 12 heteroatoms. The summed E-state index contributed by atoms with van der Waals surface area (Å²) in [6.45, 7) is 0. The molecule has 174 valence electrons. The highest BCUT2D eigenvalue weighted by Crippen LogP contribution is 2.46. The van der Waals surface area contributed by atoms with E-state index in [2.05, 4.69) is 35.4 Å². The average molecular weight is 484 g/mol. The number of halogens is 2. The summed E-state index contributed by atoms with van der Waals surface area (Å²) in [6, 6.07) is 1.05. The highest BCUT2D eigenvalue weighted by Gasteiger charge is 2.47. The van der Waals surface area contributed by atoms with Gasteiger partial charge in [0.25, 0.3) is 0 Å². The Kier molecular flexibility index (Phi) is 4.94. The lowest BCUT2D eigenvalue weighted by atomic mass is 9.61. The smallest absolute Gasteiger partial charge is 0.308 e. The van der Waals surface area contributed by atoms with Gasteiger partial charge in [0.15, 0.2) is 34.6 Å². The molecule has 0 aliphatic heterocycles. The van der Waals surface area contributed by atoms with Crippen molar-refractivity contribution >= 4 is 34.6 Å². The Morgan fingerprint density at radius 3 is 2.74 bits per heavy atom. The molecule has 7 rings (SSSR count).